The predicted octanol–water partition coefficient (Wildman–Crippen LogP) is 0.0338. The van der Waals surface area contributed by atoms with Gasteiger partial charge in [0.2, 0.25) is 0 Å². The molecule has 1 aromatic heterocycles. The highest BCUT2D eigenvalue weighted by Gasteiger charge is 2.01. The van der Waals surface area contributed by atoms with Gasteiger partial charge >= 0.3 is 5.97 Å². The molecule has 0 unspecified atom stereocenters. The number of nitrogens with one attached hydrogen (secondary N) is 1. The van der Waals surface area contributed by atoms with Crippen molar-refractivity contribution in [2.75, 3.05) is 24.2 Å². The summed E-state index contributed by atoms with van der Waals surface area (Å²) in [5.41, 5.74) is 5.34. The molecule has 0 saturated carbocycles. The summed E-state index contributed by atoms with van der Waals surface area (Å²) in [5.74, 6) is 0.505. The number of carbonyl (C=O) groups is 1. The number of hydrogen-bond donors (Lipinski definition) is 2. The standard InChI is InChI=1S/C8H12N4O2/c1-2-14-8(13)5-12-7-4-10-6(9)3-11-7/h3-4H,2,5H2,1H3,(H2,9,10)(H,11,12). The third-order valence-corrected chi connectivity index (χ3v) is 1.39. The lowest BCUT2D eigenvalue weighted by Gasteiger charge is -2.04. The van der Waals surface area contributed by atoms with E-state index in [1.54, 1.807) is 6.92 Å². The fourth-order valence-corrected chi connectivity index (χ4v) is 0.804. The van der Waals surface area contributed by atoms with Crippen molar-refractivity contribution in [2.45, 2.75) is 6.92 Å². The van der Waals surface area contributed by atoms with Crippen LogP contribution in [0.25, 0.3) is 0 Å². The van der Waals surface area contributed by atoms with Crippen LogP contribution in [-0.4, -0.2) is 29.1 Å². The minimum absolute atomic E-state index is 0.0758. The van der Waals surface area contributed by atoms with E-state index in [0.717, 1.165) is 0 Å². The number of nitrogen functional groups attached to an aromatic ring is 1. The van der Waals surface area contributed by atoms with Gasteiger partial charge in [-0.05, 0) is 6.92 Å². The summed E-state index contributed by atoms with van der Waals surface area (Å²) in [4.78, 5) is 18.6. The number of carbonyl (C=O) groups excluding carboxylic acids is 1. The number of nitrogens with zero attached hydrogens (tertiary/aromatic N) is 2. The molecule has 0 fully saturated rings. The fraction of sp³-hybridized carbons (Fsp3) is 0.375. The van der Waals surface area contributed by atoms with E-state index in [9.17, 15) is 4.79 Å². The van der Waals surface area contributed by atoms with Gasteiger partial charge in [-0.1, -0.05) is 0 Å². The van der Waals surface area contributed by atoms with Crippen LogP contribution in [0.15, 0.2) is 12.4 Å². The molecule has 76 valence electrons. The molecule has 1 aromatic rings. The highest BCUT2D eigenvalue weighted by atomic mass is 16.5. The van der Waals surface area contributed by atoms with Gasteiger partial charge in [0.1, 0.15) is 18.2 Å². The molecule has 6 nitrogen and oxygen atoms in total. The van der Waals surface area contributed by atoms with E-state index in [2.05, 4.69) is 15.3 Å². The second-order valence-corrected chi connectivity index (χ2v) is 2.49. The average Bonchev–Trinajstić information content (AvgIpc) is 2.17. The molecule has 1 heterocycles. The summed E-state index contributed by atoms with van der Waals surface area (Å²) in [6.45, 7) is 2.20. The lowest BCUT2D eigenvalue weighted by molar-refractivity contribution is -0.140. The molecule has 0 spiro atoms. The van der Waals surface area contributed by atoms with E-state index in [1.807, 2.05) is 0 Å². The third kappa shape index (κ3) is 3.26. The first kappa shape index (κ1) is 10.2. The molecule has 0 aromatic carbocycles. The quantitative estimate of drug-likeness (QED) is 0.660. The summed E-state index contributed by atoms with van der Waals surface area (Å²) >= 11 is 0. The number of rotatable bonds is 4. The van der Waals surface area contributed by atoms with Crippen LogP contribution in [0.3, 0.4) is 0 Å². The van der Waals surface area contributed by atoms with Crippen LogP contribution in [0, 0.1) is 0 Å². The monoisotopic (exact) mass is 196 g/mol. The van der Waals surface area contributed by atoms with Gasteiger partial charge in [0, 0.05) is 0 Å². The van der Waals surface area contributed by atoms with Crippen LogP contribution >= 0.6 is 0 Å². The summed E-state index contributed by atoms with van der Waals surface area (Å²) in [6.07, 6.45) is 2.86. The Morgan fingerprint density at radius 1 is 1.57 bits per heavy atom. The smallest absolute Gasteiger partial charge is 0.325 e. The van der Waals surface area contributed by atoms with E-state index < -0.39 is 0 Å². The van der Waals surface area contributed by atoms with Crippen molar-refractivity contribution in [2.24, 2.45) is 0 Å². The Hall–Kier alpha value is -1.85. The maximum absolute atomic E-state index is 10.9. The molecule has 0 saturated heterocycles. The number of anilines is 2. The molecule has 0 aliphatic carbocycles. The number of ether oxygens (including phenoxy) is 1. The van der Waals surface area contributed by atoms with Gasteiger partial charge < -0.3 is 15.8 Å². The first-order chi connectivity index (χ1) is 6.72. The fourth-order valence-electron chi connectivity index (χ4n) is 0.804. The maximum Gasteiger partial charge on any atom is 0.325 e. The van der Waals surface area contributed by atoms with Crippen molar-refractivity contribution in [3.63, 3.8) is 0 Å². The summed E-state index contributed by atoms with van der Waals surface area (Å²) < 4.78 is 4.71. The SMILES string of the molecule is CCOC(=O)CNc1cnc(N)cn1. The van der Waals surface area contributed by atoms with Crippen molar-refractivity contribution < 1.29 is 9.53 Å². The molecule has 6 heteroatoms. The van der Waals surface area contributed by atoms with Gasteiger partial charge in [0.05, 0.1) is 19.0 Å². The Morgan fingerprint density at radius 3 is 2.93 bits per heavy atom. The average molecular weight is 196 g/mol. The number of aromatic nitrogens is 2. The summed E-state index contributed by atoms with van der Waals surface area (Å²) in [6, 6.07) is 0. The highest BCUT2D eigenvalue weighted by Crippen LogP contribution is 2.00. The lowest BCUT2D eigenvalue weighted by atomic mass is 10.5. The Balaban J connectivity index is 2.38. The highest BCUT2D eigenvalue weighted by molar-refractivity contribution is 5.74. The molecule has 0 bridgehead atoms. The van der Waals surface area contributed by atoms with Crippen LogP contribution in [0.2, 0.25) is 0 Å². The zero-order valence-electron chi connectivity index (χ0n) is 7.86. The van der Waals surface area contributed by atoms with E-state index in [1.165, 1.54) is 12.4 Å². The second kappa shape index (κ2) is 5.00. The van der Waals surface area contributed by atoms with Gasteiger partial charge in [-0.25, -0.2) is 9.97 Å². The third-order valence-electron chi connectivity index (χ3n) is 1.39. The molecular weight excluding hydrogens is 184 g/mol. The van der Waals surface area contributed by atoms with Gasteiger partial charge in [0.15, 0.2) is 0 Å². The molecule has 0 aliphatic heterocycles. The Labute approximate surface area is 81.5 Å². The van der Waals surface area contributed by atoms with Crippen LogP contribution < -0.4 is 11.1 Å². The minimum atomic E-state index is -0.328. The van der Waals surface area contributed by atoms with Crippen LogP contribution in [-0.2, 0) is 9.53 Å². The van der Waals surface area contributed by atoms with Crippen LogP contribution in [0.4, 0.5) is 11.6 Å². The first-order valence-corrected chi connectivity index (χ1v) is 4.19. The van der Waals surface area contributed by atoms with Gasteiger partial charge in [-0.2, -0.15) is 0 Å². The van der Waals surface area contributed by atoms with Crippen molar-refractivity contribution in [3.05, 3.63) is 12.4 Å². The van der Waals surface area contributed by atoms with E-state index in [4.69, 9.17) is 10.5 Å². The van der Waals surface area contributed by atoms with Crippen LogP contribution in [0.5, 0.6) is 0 Å². The van der Waals surface area contributed by atoms with Crippen molar-refractivity contribution in [1.82, 2.24) is 9.97 Å². The maximum atomic E-state index is 10.9. The predicted molar refractivity (Wildman–Crippen MR) is 51.6 cm³/mol. The number of hydrogen-bond acceptors (Lipinski definition) is 6. The number of esters is 1. The van der Waals surface area contributed by atoms with Gasteiger partial charge in [-0.15, -0.1) is 0 Å². The first-order valence-electron chi connectivity index (χ1n) is 4.19. The Morgan fingerprint density at radius 2 is 2.36 bits per heavy atom. The van der Waals surface area contributed by atoms with Gasteiger partial charge in [0.25, 0.3) is 0 Å². The zero-order valence-corrected chi connectivity index (χ0v) is 7.86. The largest absolute Gasteiger partial charge is 0.465 e. The topological polar surface area (TPSA) is 90.1 Å². The molecule has 0 radical (unpaired) electrons. The molecule has 1 rings (SSSR count). The Bertz CT molecular complexity index is 299. The van der Waals surface area contributed by atoms with E-state index in [0.29, 0.717) is 18.2 Å². The minimum Gasteiger partial charge on any atom is -0.465 e. The van der Waals surface area contributed by atoms with Crippen LogP contribution in [0.1, 0.15) is 6.92 Å². The van der Waals surface area contributed by atoms with Gasteiger partial charge in [-0.3, -0.25) is 4.79 Å². The lowest BCUT2D eigenvalue weighted by Crippen LogP contribution is -2.17. The normalized spacial score (nSPS) is 9.50. The zero-order chi connectivity index (χ0) is 10.4. The summed E-state index contributed by atoms with van der Waals surface area (Å²) in [5, 5.41) is 2.75. The molecule has 0 aliphatic rings. The van der Waals surface area contributed by atoms with Crippen molar-refractivity contribution in [1.29, 1.82) is 0 Å². The van der Waals surface area contributed by atoms with Crippen molar-refractivity contribution >= 4 is 17.6 Å². The molecule has 0 atom stereocenters. The van der Waals surface area contributed by atoms with E-state index >= 15 is 0 Å². The molecule has 0 amide bonds. The molecular formula is C8H12N4O2. The van der Waals surface area contributed by atoms with E-state index in [-0.39, 0.29) is 12.5 Å². The molecule has 3 N–H and O–H groups in total. The summed E-state index contributed by atoms with van der Waals surface area (Å²) in [7, 11) is 0. The molecule has 14 heavy (non-hydrogen) atoms. The second-order valence-electron chi connectivity index (χ2n) is 2.49. The number of nitrogens with two attached hydrogens (primary N) is 1. The van der Waals surface area contributed by atoms with Crippen molar-refractivity contribution in [3.8, 4) is 0 Å². The Kier molecular flexibility index (Phi) is 3.66.